The Balaban J connectivity index is 2.38. The van der Waals surface area contributed by atoms with Gasteiger partial charge in [0.05, 0.1) is 16.8 Å². The summed E-state index contributed by atoms with van der Waals surface area (Å²) in [4.78, 5) is 15.5. The van der Waals surface area contributed by atoms with Crippen molar-refractivity contribution in [2.75, 3.05) is 13.1 Å². The van der Waals surface area contributed by atoms with Gasteiger partial charge in [-0.3, -0.25) is 14.4 Å². The van der Waals surface area contributed by atoms with E-state index in [2.05, 4.69) is 23.8 Å². The van der Waals surface area contributed by atoms with Gasteiger partial charge in [-0.2, -0.15) is 5.10 Å². The molecule has 0 N–H and O–H groups in total. The van der Waals surface area contributed by atoms with E-state index in [1.807, 2.05) is 13.8 Å². The quantitative estimate of drug-likeness (QED) is 0.773. The number of hydrogen-bond donors (Lipinski definition) is 0. The molecule has 0 bridgehead atoms. The minimum atomic E-state index is -0.489. The minimum Gasteiger partial charge on any atom is -0.291 e. The Labute approximate surface area is 132 Å². The highest BCUT2D eigenvalue weighted by Gasteiger charge is 2.41. The van der Waals surface area contributed by atoms with Gasteiger partial charge < -0.3 is 0 Å². The van der Waals surface area contributed by atoms with Crippen molar-refractivity contribution in [3.05, 3.63) is 16.9 Å². The number of carbonyl (C=O) groups is 1. The van der Waals surface area contributed by atoms with Gasteiger partial charge in [-0.15, -0.1) is 0 Å². The van der Waals surface area contributed by atoms with Gasteiger partial charge >= 0.3 is 0 Å². The van der Waals surface area contributed by atoms with Crippen molar-refractivity contribution in [1.82, 2.24) is 14.7 Å². The van der Waals surface area contributed by atoms with Crippen LogP contribution in [0.1, 0.15) is 69.9 Å². The molecule has 5 heteroatoms. The standard InChI is InChI=1S/C16H26ClN3O/c1-5-16(4,19-9-7-6-8-10-19)15(21)14-13(17)11-18-20(14)12(2)3/h11-12H,5-10H2,1-4H3. The molecule has 1 aromatic rings. The number of likely N-dealkylation sites (tertiary alicyclic amines) is 1. The van der Waals surface area contributed by atoms with Crippen molar-refractivity contribution in [3.63, 3.8) is 0 Å². The average molecular weight is 312 g/mol. The number of ketones is 1. The van der Waals surface area contributed by atoms with Crippen LogP contribution in [-0.4, -0.2) is 39.1 Å². The predicted molar refractivity (Wildman–Crippen MR) is 86.1 cm³/mol. The normalized spacial score (nSPS) is 19.7. The third-order valence-corrected chi connectivity index (χ3v) is 4.96. The number of Topliss-reactive ketones (excluding diaryl/α,β-unsaturated/α-hetero) is 1. The second-order valence-corrected chi connectivity index (χ2v) is 6.79. The molecule has 0 aliphatic carbocycles. The number of hydrogen-bond acceptors (Lipinski definition) is 3. The summed E-state index contributed by atoms with van der Waals surface area (Å²) < 4.78 is 1.75. The molecule has 118 valence electrons. The molecule has 1 fully saturated rings. The molecule has 2 rings (SSSR count). The highest BCUT2D eigenvalue weighted by atomic mass is 35.5. The lowest BCUT2D eigenvalue weighted by Gasteiger charge is -2.42. The first-order valence-electron chi connectivity index (χ1n) is 7.94. The predicted octanol–water partition coefficient (Wildman–Crippen LogP) is 3.95. The molecule has 4 nitrogen and oxygen atoms in total. The van der Waals surface area contributed by atoms with Crippen LogP contribution in [0.2, 0.25) is 5.02 Å². The molecule has 1 aliphatic heterocycles. The topological polar surface area (TPSA) is 38.1 Å². The zero-order valence-electron chi connectivity index (χ0n) is 13.5. The highest BCUT2D eigenvalue weighted by Crippen LogP contribution is 2.31. The Morgan fingerprint density at radius 2 is 2.00 bits per heavy atom. The summed E-state index contributed by atoms with van der Waals surface area (Å²) in [5.74, 6) is 0.100. The first kappa shape index (κ1) is 16.5. The maximum Gasteiger partial charge on any atom is 0.202 e. The number of piperidine rings is 1. The van der Waals surface area contributed by atoms with Gasteiger partial charge in [0, 0.05) is 6.04 Å². The van der Waals surface area contributed by atoms with E-state index in [0.29, 0.717) is 10.7 Å². The van der Waals surface area contributed by atoms with Crippen molar-refractivity contribution in [1.29, 1.82) is 0 Å². The molecular formula is C16H26ClN3O. The van der Waals surface area contributed by atoms with Crippen LogP contribution in [0.15, 0.2) is 6.20 Å². The van der Waals surface area contributed by atoms with E-state index in [4.69, 9.17) is 11.6 Å². The van der Waals surface area contributed by atoms with E-state index in [1.165, 1.54) is 19.3 Å². The first-order chi connectivity index (χ1) is 9.91. The number of carbonyl (C=O) groups excluding carboxylic acids is 1. The molecule has 2 heterocycles. The van der Waals surface area contributed by atoms with Gasteiger partial charge in [0.1, 0.15) is 5.69 Å². The minimum absolute atomic E-state index is 0.100. The van der Waals surface area contributed by atoms with Crippen LogP contribution in [0.25, 0.3) is 0 Å². The van der Waals surface area contributed by atoms with Crippen molar-refractivity contribution in [3.8, 4) is 0 Å². The summed E-state index contributed by atoms with van der Waals surface area (Å²) in [6.07, 6.45) is 5.96. The van der Waals surface area contributed by atoms with Gasteiger partial charge in [-0.25, -0.2) is 0 Å². The van der Waals surface area contributed by atoms with Gasteiger partial charge in [0.2, 0.25) is 5.78 Å². The molecule has 0 spiro atoms. The Hall–Kier alpha value is -0.870. The van der Waals surface area contributed by atoms with Crippen LogP contribution in [0.3, 0.4) is 0 Å². The molecule has 1 saturated heterocycles. The molecule has 0 saturated carbocycles. The zero-order valence-corrected chi connectivity index (χ0v) is 14.3. The van der Waals surface area contributed by atoms with E-state index in [1.54, 1.807) is 10.9 Å². The van der Waals surface area contributed by atoms with Crippen LogP contribution < -0.4 is 0 Å². The molecule has 1 atom stereocenters. The van der Waals surface area contributed by atoms with Crippen LogP contribution in [0.4, 0.5) is 0 Å². The van der Waals surface area contributed by atoms with Gasteiger partial charge in [0.25, 0.3) is 0 Å². The van der Waals surface area contributed by atoms with Crippen LogP contribution in [-0.2, 0) is 0 Å². The Bertz CT molecular complexity index is 506. The van der Waals surface area contributed by atoms with E-state index in [-0.39, 0.29) is 11.8 Å². The fourth-order valence-electron chi connectivity index (χ4n) is 3.12. The Morgan fingerprint density at radius 3 is 2.52 bits per heavy atom. The lowest BCUT2D eigenvalue weighted by atomic mass is 9.87. The van der Waals surface area contributed by atoms with Crippen LogP contribution >= 0.6 is 11.6 Å². The van der Waals surface area contributed by atoms with E-state index < -0.39 is 5.54 Å². The van der Waals surface area contributed by atoms with Gasteiger partial charge in [-0.05, 0) is 53.1 Å². The fourth-order valence-corrected chi connectivity index (χ4v) is 3.33. The summed E-state index contributed by atoms with van der Waals surface area (Å²) in [6.45, 7) is 10.1. The summed E-state index contributed by atoms with van der Waals surface area (Å²) in [5, 5.41) is 4.74. The Morgan fingerprint density at radius 1 is 1.38 bits per heavy atom. The molecule has 0 radical (unpaired) electrons. The molecular weight excluding hydrogens is 286 g/mol. The maximum absolute atomic E-state index is 13.2. The summed E-state index contributed by atoms with van der Waals surface area (Å²) in [6, 6.07) is 0.124. The van der Waals surface area contributed by atoms with Crippen LogP contribution in [0, 0.1) is 0 Å². The summed E-state index contributed by atoms with van der Waals surface area (Å²) in [7, 11) is 0. The molecule has 0 amide bonds. The average Bonchev–Trinajstić information content (AvgIpc) is 2.88. The molecule has 1 aliphatic rings. The summed E-state index contributed by atoms with van der Waals surface area (Å²) in [5.41, 5.74) is 0.0677. The van der Waals surface area contributed by atoms with E-state index in [0.717, 1.165) is 19.5 Å². The van der Waals surface area contributed by atoms with Crippen molar-refractivity contribution < 1.29 is 4.79 Å². The van der Waals surface area contributed by atoms with Crippen molar-refractivity contribution >= 4 is 17.4 Å². The first-order valence-corrected chi connectivity index (χ1v) is 8.32. The third kappa shape index (κ3) is 3.02. The van der Waals surface area contributed by atoms with Gasteiger partial charge in [0.15, 0.2) is 0 Å². The van der Waals surface area contributed by atoms with Crippen molar-refractivity contribution in [2.45, 2.75) is 65.0 Å². The second-order valence-electron chi connectivity index (χ2n) is 6.38. The molecule has 1 aromatic heterocycles. The summed E-state index contributed by atoms with van der Waals surface area (Å²) >= 11 is 6.26. The largest absolute Gasteiger partial charge is 0.291 e. The molecule has 0 aromatic carbocycles. The highest BCUT2D eigenvalue weighted by molar-refractivity contribution is 6.34. The van der Waals surface area contributed by atoms with Crippen LogP contribution in [0.5, 0.6) is 0 Å². The smallest absolute Gasteiger partial charge is 0.202 e. The SMILES string of the molecule is CCC(C)(C(=O)c1c(Cl)cnn1C(C)C)N1CCCCC1. The molecule has 21 heavy (non-hydrogen) atoms. The number of aromatic nitrogens is 2. The fraction of sp³-hybridized carbons (Fsp3) is 0.750. The van der Waals surface area contributed by atoms with Crippen molar-refractivity contribution in [2.24, 2.45) is 0 Å². The number of halogens is 1. The lowest BCUT2D eigenvalue weighted by molar-refractivity contribution is 0.0493. The number of nitrogens with zero attached hydrogens (tertiary/aromatic N) is 3. The van der Waals surface area contributed by atoms with E-state index in [9.17, 15) is 4.79 Å². The lowest BCUT2D eigenvalue weighted by Crippen LogP contribution is -2.54. The second kappa shape index (κ2) is 6.49. The zero-order chi connectivity index (χ0) is 15.6. The monoisotopic (exact) mass is 311 g/mol. The van der Waals surface area contributed by atoms with E-state index >= 15 is 0 Å². The molecule has 1 unspecified atom stereocenters. The Kier molecular flexibility index (Phi) is 5.10. The third-order valence-electron chi connectivity index (χ3n) is 4.69. The van der Waals surface area contributed by atoms with Gasteiger partial charge in [-0.1, -0.05) is 24.9 Å². The maximum atomic E-state index is 13.2. The number of rotatable bonds is 5.